The number of hydrogen-bond donors (Lipinski definition) is 2. The summed E-state index contributed by atoms with van der Waals surface area (Å²) in [5.41, 5.74) is 0. The lowest BCUT2D eigenvalue weighted by molar-refractivity contribution is -0.138. The molecule has 1 fully saturated rings. The van der Waals surface area contributed by atoms with E-state index in [0.29, 0.717) is 16.4 Å². The van der Waals surface area contributed by atoms with Crippen molar-refractivity contribution in [3.63, 3.8) is 0 Å². The maximum Gasteiger partial charge on any atom is 0.321 e. The molecule has 1 heterocycles. The van der Waals surface area contributed by atoms with E-state index in [-0.39, 0.29) is 6.04 Å². The molecule has 0 saturated carbocycles. The molecule has 0 aromatic carbocycles. The van der Waals surface area contributed by atoms with Crippen LogP contribution >= 0.6 is 23.5 Å². The molecule has 0 amide bonds. The Morgan fingerprint density at radius 2 is 2.54 bits per heavy atom. The van der Waals surface area contributed by atoms with Crippen LogP contribution in [0.5, 0.6) is 0 Å². The summed E-state index contributed by atoms with van der Waals surface area (Å²) in [7, 11) is 0. The highest BCUT2D eigenvalue weighted by Crippen LogP contribution is 2.25. The third-order valence-corrected chi connectivity index (χ3v) is 4.35. The fraction of sp³-hybridized carbons (Fsp3) is 0.875. The smallest absolute Gasteiger partial charge is 0.321 e. The molecule has 1 aliphatic heterocycles. The van der Waals surface area contributed by atoms with E-state index in [1.54, 1.807) is 11.8 Å². The van der Waals surface area contributed by atoms with Crippen LogP contribution in [-0.2, 0) is 4.79 Å². The Labute approximate surface area is 87.0 Å². The molecule has 1 aliphatic rings. The van der Waals surface area contributed by atoms with E-state index < -0.39 is 5.97 Å². The van der Waals surface area contributed by atoms with Crippen molar-refractivity contribution >= 4 is 29.5 Å². The lowest BCUT2D eigenvalue weighted by atomic mass is 10.3. The van der Waals surface area contributed by atoms with Crippen LogP contribution in [0.15, 0.2) is 0 Å². The van der Waals surface area contributed by atoms with Gasteiger partial charge >= 0.3 is 5.97 Å². The third-order valence-electron chi connectivity index (χ3n) is 2.10. The zero-order chi connectivity index (χ0) is 9.84. The Hall–Kier alpha value is 0.130. The van der Waals surface area contributed by atoms with Crippen LogP contribution in [-0.4, -0.2) is 39.8 Å². The maximum atomic E-state index is 10.6. The van der Waals surface area contributed by atoms with Crippen molar-refractivity contribution in [3.05, 3.63) is 0 Å². The van der Waals surface area contributed by atoms with Gasteiger partial charge in [0.1, 0.15) is 6.04 Å². The number of rotatable bonds is 4. The molecular weight excluding hydrogens is 206 g/mol. The van der Waals surface area contributed by atoms with E-state index >= 15 is 0 Å². The number of carbonyl (C=O) groups is 1. The van der Waals surface area contributed by atoms with Gasteiger partial charge in [-0.3, -0.25) is 10.1 Å². The molecule has 0 aromatic rings. The standard InChI is InChI=1S/C8H15NO2S2/c1-5(12-2)3-7-9-6(4-13-7)8(10)11/h5-7,9H,3-4H2,1-2H3,(H,10,11)/t5-,6-,7-/m1/s1. The second kappa shape index (κ2) is 5.12. The van der Waals surface area contributed by atoms with Crippen molar-refractivity contribution in [2.24, 2.45) is 0 Å². The summed E-state index contributed by atoms with van der Waals surface area (Å²) in [5.74, 6) is -0.0343. The van der Waals surface area contributed by atoms with Crippen molar-refractivity contribution in [2.75, 3.05) is 12.0 Å². The van der Waals surface area contributed by atoms with E-state index in [9.17, 15) is 4.79 Å². The molecule has 0 aromatic heterocycles. The predicted octanol–water partition coefficient (Wildman–Crippen LogP) is 1.24. The van der Waals surface area contributed by atoms with Crippen LogP contribution in [0.1, 0.15) is 13.3 Å². The lowest BCUT2D eigenvalue weighted by Gasteiger charge is -2.14. The number of carboxylic acids is 1. The van der Waals surface area contributed by atoms with Crippen LogP contribution in [0, 0.1) is 0 Å². The number of nitrogens with one attached hydrogen (secondary N) is 1. The van der Waals surface area contributed by atoms with Gasteiger partial charge < -0.3 is 5.11 Å². The molecule has 2 N–H and O–H groups in total. The van der Waals surface area contributed by atoms with Gasteiger partial charge in [-0.1, -0.05) is 6.92 Å². The Kier molecular flexibility index (Phi) is 4.41. The van der Waals surface area contributed by atoms with E-state index in [2.05, 4.69) is 18.5 Å². The van der Waals surface area contributed by atoms with Gasteiger partial charge in [-0.2, -0.15) is 11.8 Å². The first-order chi connectivity index (χ1) is 6.13. The molecule has 76 valence electrons. The Morgan fingerprint density at radius 1 is 1.85 bits per heavy atom. The van der Waals surface area contributed by atoms with Gasteiger partial charge in [0, 0.05) is 11.0 Å². The average molecular weight is 221 g/mol. The van der Waals surface area contributed by atoms with Crippen molar-refractivity contribution < 1.29 is 9.90 Å². The minimum atomic E-state index is -0.730. The van der Waals surface area contributed by atoms with Crippen molar-refractivity contribution in [3.8, 4) is 0 Å². The highest BCUT2D eigenvalue weighted by atomic mass is 32.2. The van der Waals surface area contributed by atoms with Gasteiger partial charge in [0.2, 0.25) is 0 Å². The Balaban J connectivity index is 2.29. The van der Waals surface area contributed by atoms with E-state index in [0.717, 1.165) is 6.42 Å². The van der Waals surface area contributed by atoms with Crippen molar-refractivity contribution in [1.82, 2.24) is 5.32 Å². The van der Waals surface area contributed by atoms with Gasteiger partial charge in [-0.05, 0) is 12.7 Å². The maximum absolute atomic E-state index is 10.6. The molecule has 1 saturated heterocycles. The van der Waals surface area contributed by atoms with Crippen LogP contribution in [0.4, 0.5) is 0 Å². The summed E-state index contributed by atoms with van der Waals surface area (Å²) in [6, 6.07) is -0.343. The number of thioether (sulfide) groups is 2. The second-order valence-electron chi connectivity index (χ2n) is 3.16. The number of carboxylic acid groups (broad SMARTS) is 1. The van der Waals surface area contributed by atoms with Crippen LogP contribution < -0.4 is 5.32 Å². The summed E-state index contributed by atoms with van der Waals surface area (Å²) in [4.78, 5) is 10.6. The highest BCUT2D eigenvalue weighted by molar-refractivity contribution is 8.00. The topological polar surface area (TPSA) is 49.3 Å². The predicted molar refractivity (Wildman–Crippen MR) is 58.4 cm³/mol. The average Bonchev–Trinajstić information content (AvgIpc) is 2.52. The SMILES string of the molecule is CS[C@H](C)C[C@@H]1N[C@@H](C(=O)O)CS1. The molecule has 0 bridgehead atoms. The second-order valence-corrected chi connectivity index (χ2v) is 5.67. The van der Waals surface area contributed by atoms with Crippen LogP contribution in [0.3, 0.4) is 0 Å². The van der Waals surface area contributed by atoms with Crippen LogP contribution in [0.25, 0.3) is 0 Å². The van der Waals surface area contributed by atoms with Crippen molar-refractivity contribution in [2.45, 2.75) is 30.0 Å². The molecule has 1 rings (SSSR count). The summed E-state index contributed by atoms with van der Waals surface area (Å²) in [6.45, 7) is 2.17. The number of aliphatic carboxylic acids is 1. The van der Waals surface area contributed by atoms with Gasteiger partial charge in [0.05, 0.1) is 5.37 Å². The Bertz CT molecular complexity index is 189. The van der Waals surface area contributed by atoms with Crippen LogP contribution in [0.2, 0.25) is 0 Å². The molecule has 3 atom stereocenters. The molecule has 3 nitrogen and oxygen atoms in total. The van der Waals surface area contributed by atoms with Gasteiger partial charge in [-0.15, -0.1) is 11.8 Å². The van der Waals surface area contributed by atoms with Gasteiger partial charge in [-0.25, -0.2) is 0 Å². The molecule has 0 spiro atoms. The normalized spacial score (nSPS) is 30.3. The zero-order valence-electron chi connectivity index (χ0n) is 7.82. The third kappa shape index (κ3) is 3.40. The Morgan fingerprint density at radius 3 is 3.00 bits per heavy atom. The van der Waals surface area contributed by atoms with E-state index in [1.165, 1.54) is 0 Å². The molecule has 13 heavy (non-hydrogen) atoms. The number of hydrogen-bond acceptors (Lipinski definition) is 4. The minimum absolute atomic E-state index is 0.323. The molecule has 5 heteroatoms. The first-order valence-electron chi connectivity index (χ1n) is 4.26. The van der Waals surface area contributed by atoms with Crippen molar-refractivity contribution in [1.29, 1.82) is 0 Å². The summed E-state index contributed by atoms with van der Waals surface area (Å²) < 4.78 is 0. The zero-order valence-corrected chi connectivity index (χ0v) is 9.45. The molecule has 0 aliphatic carbocycles. The largest absolute Gasteiger partial charge is 0.480 e. The molecular formula is C8H15NO2S2. The monoisotopic (exact) mass is 221 g/mol. The minimum Gasteiger partial charge on any atom is -0.480 e. The first-order valence-corrected chi connectivity index (χ1v) is 6.60. The van der Waals surface area contributed by atoms with Gasteiger partial charge in [0.25, 0.3) is 0 Å². The highest BCUT2D eigenvalue weighted by Gasteiger charge is 2.29. The quantitative estimate of drug-likeness (QED) is 0.748. The fourth-order valence-corrected chi connectivity index (χ4v) is 3.06. The van der Waals surface area contributed by atoms with E-state index in [1.807, 2.05) is 11.8 Å². The fourth-order valence-electron chi connectivity index (χ4n) is 1.21. The summed E-state index contributed by atoms with van der Waals surface area (Å²) in [5, 5.41) is 12.8. The summed E-state index contributed by atoms with van der Waals surface area (Å²) in [6.07, 6.45) is 3.12. The van der Waals surface area contributed by atoms with Gasteiger partial charge in [0.15, 0.2) is 0 Å². The molecule has 0 radical (unpaired) electrons. The first kappa shape index (κ1) is 11.2. The summed E-state index contributed by atoms with van der Waals surface area (Å²) >= 11 is 3.54. The van der Waals surface area contributed by atoms with E-state index in [4.69, 9.17) is 5.11 Å². The molecule has 0 unspecified atom stereocenters. The lowest BCUT2D eigenvalue weighted by Crippen LogP contribution is -2.37.